The van der Waals surface area contributed by atoms with Gasteiger partial charge in [-0.3, -0.25) is 4.79 Å². The molecule has 1 atom stereocenters. The molecular formula is C12H21NO3. The highest BCUT2D eigenvalue weighted by molar-refractivity contribution is 5.87. The molecule has 0 aromatic rings. The summed E-state index contributed by atoms with van der Waals surface area (Å²) in [4.78, 5) is 23.0. The van der Waals surface area contributed by atoms with Crippen LogP contribution in [0.3, 0.4) is 0 Å². The highest BCUT2D eigenvalue weighted by atomic mass is 16.4. The van der Waals surface area contributed by atoms with Crippen molar-refractivity contribution in [2.24, 2.45) is 5.92 Å². The molecule has 0 aromatic carbocycles. The number of aliphatic carboxylic acids is 1. The number of amides is 1. The molecule has 0 radical (unpaired) electrons. The lowest BCUT2D eigenvalue weighted by molar-refractivity contribution is -0.147. The second-order valence-electron chi connectivity index (χ2n) is 4.86. The summed E-state index contributed by atoms with van der Waals surface area (Å²) in [5.41, 5.74) is -1.10. The molecule has 92 valence electrons. The predicted octanol–water partition coefficient (Wildman–Crippen LogP) is 1.94. The summed E-state index contributed by atoms with van der Waals surface area (Å²) in [5, 5.41) is 11.8. The van der Waals surface area contributed by atoms with Crippen molar-refractivity contribution in [1.82, 2.24) is 5.32 Å². The van der Waals surface area contributed by atoms with Gasteiger partial charge in [0.15, 0.2) is 0 Å². The minimum absolute atomic E-state index is 0.0236. The lowest BCUT2D eigenvalue weighted by Gasteiger charge is -2.27. The van der Waals surface area contributed by atoms with Gasteiger partial charge in [-0.1, -0.05) is 26.2 Å². The Morgan fingerprint density at radius 1 is 1.38 bits per heavy atom. The fourth-order valence-electron chi connectivity index (χ4n) is 2.28. The molecular weight excluding hydrogens is 206 g/mol. The number of carbonyl (C=O) groups excluding carboxylic acids is 1. The van der Waals surface area contributed by atoms with Crippen molar-refractivity contribution in [1.29, 1.82) is 0 Å². The molecule has 2 N–H and O–H groups in total. The van der Waals surface area contributed by atoms with E-state index in [1.807, 2.05) is 6.92 Å². The Balaban J connectivity index is 2.60. The third-order valence-corrected chi connectivity index (χ3v) is 3.35. The van der Waals surface area contributed by atoms with Crippen LogP contribution in [0.1, 0.15) is 52.4 Å². The van der Waals surface area contributed by atoms with Gasteiger partial charge in [-0.15, -0.1) is 0 Å². The zero-order valence-corrected chi connectivity index (χ0v) is 10.1. The number of carbonyl (C=O) groups is 2. The molecule has 4 heteroatoms. The summed E-state index contributed by atoms with van der Waals surface area (Å²) >= 11 is 0. The van der Waals surface area contributed by atoms with Crippen molar-refractivity contribution in [3.05, 3.63) is 0 Å². The molecule has 0 aromatic heterocycles. The van der Waals surface area contributed by atoms with Crippen molar-refractivity contribution >= 4 is 11.9 Å². The molecule has 4 nitrogen and oxygen atoms in total. The Morgan fingerprint density at radius 2 is 1.94 bits per heavy atom. The molecule has 0 spiro atoms. The van der Waals surface area contributed by atoms with Crippen molar-refractivity contribution in [2.75, 3.05) is 0 Å². The van der Waals surface area contributed by atoms with Gasteiger partial charge < -0.3 is 10.4 Å². The minimum atomic E-state index is -1.10. The van der Waals surface area contributed by atoms with Crippen LogP contribution in [-0.2, 0) is 9.59 Å². The van der Waals surface area contributed by atoms with Crippen LogP contribution in [0.5, 0.6) is 0 Å². The Labute approximate surface area is 96.4 Å². The fourth-order valence-corrected chi connectivity index (χ4v) is 2.28. The topological polar surface area (TPSA) is 66.4 Å². The van der Waals surface area contributed by atoms with E-state index in [0.29, 0.717) is 6.42 Å². The molecule has 1 aliphatic rings. The highest BCUT2D eigenvalue weighted by Gasteiger charge is 2.36. The van der Waals surface area contributed by atoms with Crippen LogP contribution < -0.4 is 5.32 Å². The van der Waals surface area contributed by atoms with E-state index in [2.05, 4.69) is 5.32 Å². The van der Waals surface area contributed by atoms with Gasteiger partial charge in [-0.05, 0) is 26.2 Å². The number of nitrogens with one attached hydrogen (secondary N) is 1. The number of carboxylic acid groups (broad SMARTS) is 1. The second kappa shape index (κ2) is 5.32. The summed E-state index contributed by atoms with van der Waals surface area (Å²) < 4.78 is 0. The summed E-state index contributed by atoms with van der Waals surface area (Å²) in [6, 6.07) is 0. The van der Waals surface area contributed by atoms with Gasteiger partial charge >= 0.3 is 5.97 Å². The summed E-state index contributed by atoms with van der Waals surface area (Å²) in [6.07, 6.45) is 5.17. The van der Waals surface area contributed by atoms with Gasteiger partial charge in [0.2, 0.25) is 5.91 Å². The zero-order valence-electron chi connectivity index (χ0n) is 10.1. The van der Waals surface area contributed by atoms with Crippen LogP contribution in [0.25, 0.3) is 0 Å². The first-order valence-corrected chi connectivity index (χ1v) is 6.05. The molecule has 1 amide bonds. The lowest BCUT2D eigenvalue weighted by atomic mass is 9.94. The van der Waals surface area contributed by atoms with E-state index in [0.717, 1.165) is 32.1 Å². The lowest BCUT2D eigenvalue weighted by Crippen LogP contribution is -2.53. The normalized spacial score (nSPS) is 20.4. The first-order valence-electron chi connectivity index (χ1n) is 6.05. The van der Waals surface area contributed by atoms with Gasteiger partial charge in [0.05, 0.1) is 0 Å². The fraction of sp³-hybridized carbons (Fsp3) is 0.833. The van der Waals surface area contributed by atoms with Crippen molar-refractivity contribution < 1.29 is 14.7 Å². The first kappa shape index (κ1) is 13.0. The summed E-state index contributed by atoms with van der Waals surface area (Å²) in [6.45, 7) is 3.51. The van der Waals surface area contributed by atoms with Crippen LogP contribution in [0.2, 0.25) is 0 Å². The first-order chi connectivity index (χ1) is 7.49. The van der Waals surface area contributed by atoms with Crippen LogP contribution >= 0.6 is 0 Å². The van der Waals surface area contributed by atoms with E-state index >= 15 is 0 Å². The van der Waals surface area contributed by atoms with E-state index in [1.165, 1.54) is 0 Å². The van der Waals surface area contributed by atoms with Crippen molar-refractivity contribution in [2.45, 2.75) is 57.9 Å². The van der Waals surface area contributed by atoms with Gasteiger partial charge in [-0.2, -0.15) is 0 Å². The molecule has 1 rings (SSSR count). The SMILES string of the molecule is CCCC(C)(NC(=O)C1CCCC1)C(=O)O. The highest BCUT2D eigenvalue weighted by Crippen LogP contribution is 2.26. The van der Waals surface area contributed by atoms with Gasteiger partial charge in [0.1, 0.15) is 5.54 Å². The smallest absolute Gasteiger partial charge is 0.329 e. The number of hydrogen-bond acceptors (Lipinski definition) is 2. The Morgan fingerprint density at radius 3 is 2.38 bits per heavy atom. The Bertz CT molecular complexity index is 271. The molecule has 0 heterocycles. The van der Waals surface area contributed by atoms with Crippen LogP contribution in [0.4, 0.5) is 0 Å². The minimum Gasteiger partial charge on any atom is -0.480 e. The number of hydrogen-bond donors (Lipinski definition) is 2. The monoisotopic (exact) mass is 227 g/mol. The number of rotatable bonds is 5. The van der Waals surface area contributed by atoms with Gasteiger partial charge in [0.25, 0.3) is 0 Å². The molecule has 1 unspecified atom stereocenters. The van der Waals surface area contributed by atoms with Gasteiger partial charge in [0, 0.05) is 5.92 Å². The zero-order chi connectivity index (χ0) is 12.2. The van der Waals surface area contributed by atoms with Crippen LogP contribution in [0.15, 0.2) is 0 Å². The maximum absolute atomic E-state index is 11.9. The second-order valence-corrected chi connectivity index (χ2v) is 4.86. The van der Waals surface area contributed by atoms with E-state index in [-0.39, 0.29) is 11.8 Å². The van der Waals surface area contributed by atoms with E-state index in [1.54, 1.807) is 6.92 Å². The average Bonchev–Trinajstić information content (AvgIpc) is 2.70. The standard InChI is InChI=1S/C12H21NO3/c1-3-8-12(2,11(15)16)13-10(14)9-6-4-5-7-9/h9H,3-8H2,1-2H3,(H,13,14)(H,15,16). The molecule has 1 fully saturated rings. The summed E-state index contributed by atoms with van der Waals surface area (Å²) in [5.74, 6) is -1.01. The Kier molecular flexibility index (Phi) is 4.33. The molecule has 0 aliphatic heterocycles. The summed E-state index contributed by atoms with van der Waals surface area (Å²) in [7, 11) is 0. The Hall–Kier alpha value is -1.06. The van der Waals surface area contributed by atoms with Crippen molar-refractivity contribution in [3.8, 4) is 0 Å². The van der Waals surface area contributed by atoms with E-state index in [4.69, 9.17) is 5.11 Å². The molecule has 1 saturated carbocycles. The van der Waals surface area contributed by atoms with Crippen molar-refractivity contribution in [3.63, 3.8) is 0 Å². The van der Waals surface area contributed by atoms with E-state index < -0.39 is 11.5 Å². The van der Waals surface area contributed by atoms with Crippen LogP contribution in [0, 0.1) is 5.92 Å². The maximum atomic E-state index is 11.9. The molecule has 0 bridgehead atoms. The van der Waals surface area contributed by atoms with E-state index in [9.17, 15) is 9.59 Å². The maximum Gasteiger partial charge on any atom is 0.329 e. The van der Waals surface area contributed by atoms with Crippen LogP contribution in [-0.4, -0.2) is 22.5 Å². The average molecular weight is 227 g/mol. The quantitative estimate of drug-likeness (QED) is 0.754. The predicted molar refractivity (Wildman–Crippen MR) is 61.0 cm³/mol. The third kappa shape index (κ3) is 2.97. The number of carboxylic acids is 1. The van der Waals surface area contributed by atoms with Gasteiger partial charge in [-0.25, -0.2) is 4.79 Å². The largest absolute Gasteiger partial charge is 0.480 e. The molecule has 1 aliphatic carbocycles. The third-order valence-electron chi connectivity index (χ3n) is 3.35. The molecule has 0 saturated heterocycles. The molecule has 16 heavy (non-hydrogen) atoms.